The molecular weight excluding hydrogens is 432 g/mol. The van der Waals surface area contributed by atoms with E-state index in [2.05, 4.69) is 13.8 Å². The van der Waals surface area contributed by atoms with Crippen molar-refractivity contribution in [1.29, 1.82) is 0 Å². The number of hydrogen-bond donors (Lipinski definition) is 1. The van der Waals surface area contributed by atoms with E-state index in [0.717, 1.165) is 50.5 Å². The molecule has 6 heteroatoms. The van der Waals surface area contributed by atoms with Gasteiger partial charge in [0.1, 0.15) is 11.9 Å². The number of fused-ring (bicyclic) bond motifs is 5. The van der Waals surface area contributed by atoms with Crippen molar-refractivity contribution in [2.45, 2.75) is 96.7 Å². The van der Waals surface area contributed by atoms with E-state index in [9.17, 15) is 19.5 Å². The first-order chi connectivity index (χ1) is 16.0. The van der Waals surface area contributed by atoms with Crippen LogP contribution in [0.15, 0.2) is 27.6 Å². The van der Waals surface area contributed by atoms with Gasteiger partial charge in [0, 0.05) is 30.2 Å². The van der Waals surface area contributed by atoms with Crippen LogP contribution in [0, 0.1) is 34.5 Å². The molecule has 6 nitrogen and oxygen atoms in total. The van der Waals surface area contributed by atoms with Gasteiger partial charge < -0.3 is 14.3 Å². The van der Waals surface area contributed by atoms with Gasteiger partial charge in [-0.15, -0.1) is 0 Å². The van der Waals surface area contributed by atoms with Gasteiger partial charge in [-0.1, -0.05) is 13.8 Å². The molecule has 0 radical (unpaired) electrons. The molecule has 34 heavy (non-hydrogen) atoms. The normalized spacial score (nSPS) is 45.6. The molecule has 1 unspecified atom stereocenters. The number of esters is 1. The molecule has 9 atom stereocenters. The Balaban J connectivity index is 1.48. The van der Waals surface area contributed by atoms with Crippen LogP contribution in [0.2, 0.25) is 0 Å². The maximum Gasteiger partial charge on any atom is 0.335 e. The molecule has 1 aromatic rings. The van der Waals surface area contributed by atoms with Crippen LogP contribution in [-0.4, -0.2) is 28.6 Å². The van der Waals surface area contributed by atoms with Crippen molar-refractivity contribution in [1.82, 2.24) is 0 Å². The molecule has 0 amide bonds. The van der Waals surface area contributed by atoms with Crippen molar-refractivity contribution in [3.05, 3.63) is 34.4 Å². The first kappa shape index (κ1) is 23.8. The second-order valence-electron chi connectivity index (χ2n) is 12.2. The average Bonchev–Trinajstić information content (AvgIpc) is 3.02. The van der Waals surface area contributed by atoms with Gasteiger partial charge in [0.2, 0.25) is 0 Å². The highest BCUT2D eigenvalue weighted by atomic mass is 16.5. The summed E-state index contributed by atoms with van der Waals surface area (Å²) in [5.41, 5.74) is -0.838. The van der Waals surface area contributed by atoms with Crippen molar-refractivity contribution in [2.75, 3.05) is 0 Å². The average molecular weight is 471 g/mol. The number of ether oxygens (including phenoxy) is 1. The van der Waals surface area contributed by atoms with E-state index in [4.69, 9.17) is 9.15 Å². The zero-order valence-electron chi connectivity index (χ0n) is 20.8. The zero-order chi connectivity index (χ0) is 24.5. The van der Waals surface area contributed by atoms with Crippen LogP contribution >= 0.6 is 0 Å². The predicted molar refractivity (Wildman–Crippen MR) is 126 cm³/mol. The topological polar surface area (TPSA) is 93.8 Å². The summed E-state index contributed by atoms with van der Waals surface area (Å²) < 4.78 is 10.8. The minimum absolute atomic E-state index is 0.00904. The molecule has 5 rings (SSSR count). The van der Waals surface area contributed by atoms with E-state index in [1.807, 2.05) is 0 Å². The highest BCUT2D eigenvalue weighted by Gasteiger charge is 2.70. The van der Waals surface area contributed by atoms with Crippen molar-refractivity contribution in [3.63, 3.8) is 0 Å². The molecule has 4 aliphatic rings. The lowest BCUT2D eigenvalue weighted by atomic mass is 9.43. The number of aliphatic hydroxyl groups is 1. The Kier molecular flexibility index (Phi) is 5.62. The number of rotatable bonds is 3. The zero-order valence-corrected chi connectivity index (χ0v) is 20.8. The lowest BCUT2D eigenvalue weighted by Gasteiger charge is -2.63. The summed E-state index contributed by atoms with van der Waals surface area (Å²) in [5.74, 6) is 0.469. The second kappa shape index (κ2) is 8.04. The molecule has 1 heterocycles. The summed E-state index contributed by atoms with van der Waals surface area (Å²) >= 11 is 0. The smallest absolute Gasteiger partial charge is 0.335 e. The monoisotopic (exact) mass is 470 g/mol. The van der Waals surface area contributed by atoms with Gasteiger partial charge in [-0.05, 0) is 93.1 Å². The first-order valence-corrected chi connectivity index (χ1v) is 13.0. The van der Waals surface area contributed by atoms with E-state index in [0.29, 0.717) is 18.3 Å². The van der Waals surface area contributed by atoms with Crippen LogP contribution in [0.4, 0.5) is 0 Å². The van der Waals surface area contributed by atoms with Gasteiger partial charge in [0.25, 0.3) is 0 Å². The molecule has 0 bridgehead atoms. The minimum Gasteiger partial charge on any atom is -0.463 e. The van der Waals surface area contributed by atoms with Crippen LogP contribution in [0.3, 0.4) is 0 Å². The number of hydrogen-bond acceptors (Lipinski definition) is 6. The van der Waals surface area contributed by atoms with E-state index in [1.54, 1.807) is 13.0 Å². The molecule has 4 fully saturated rings. The van der Waals surface area contributed by atoms with Gasteiger partial charge in [0.15, 0.2) is 0 Å². The van der Waals surface area contributed by atoms with Gasteiger partial charge >= 0.3 is 11.6 Å². The molecule has 1 N–H and O–H groups in total. The summed E-state index contributed by atoms with van der Waals surface area (Å²) in [6.45, 7) is 7.67. The van der Waals surface area contributed by atoms with Crippen molar-refractivity contribution in [3.8, 4) is 0 Å². The molecule has 0 spiro atoms. The fraction of sp³-hybridized carbons (Fsp3) is 0.750. The Bertz CT molecular complexity index is 1030. The Labute approximate surface area is 201 Å². The largest absolute Gasteiger partial charge is 0.463 e. The maximum absolute atomic E-state index is 12.9. The Morgan fingerprint density at radius 2 is 1.82 bits per heavy atom. The molecule has 0 aromatic carbocycles. The summed E-state index contributed by atoms with van der Waals surface area (Å²) in [7, 11) is 0. The van der Waals surface area contributed by atoms with Gasteiger partial charge in [-0.25, -0.2) is 4.79 Å². The van der Waals surface area contributed by atoms with Crippen LogP contribution in [0.5, 0.6) is 0 Å². The lowest BCUT2D eigenvalue weighted by molar-refractivity contribution is -0.207. The molecule has 186 valence electrons. The van der Waals surface area contributed by atoms with Gasteiger partial charge in [-0.2, -0.15) is 0 Å². The third-order valence-corrected chi connectivity index (χ3v) is 10.8. The van der Waals surface area contributed by atoms with Gasteiger partial charge in [-0.3, -0.25) is 9.59 Å². The highest BCUT2D eigenvalue weighted by molar-refractivity contribution is 5.80. The first-order valence-electron chi connectivity index (χ1n) is 13.0. The standard InChI is InChI=1S/C28H38O6/c1-16(29)21-14-28(32)23-7-6-19-13-20(34-17(2)30)9-11-26(19,3)22(23)10-12-27(28,4)25(21)18-5-8-24(31)33-15-18/h5,8,15,19-23,25,32H,6-7,9-14H2,1-4H3/t19-,20+,21-,22+,23?,25+,26+,27-,28+/m1/s1. The summed E-state index contributed by atoms with van der Waals surface area (Å²) in [6.07, 6.45) is 8.60. The molecule has 4 saturated carbocycles. The third-order valence-electron chi connectivity index (χ3n) is 10.8. The molecule has 0 aliphatic heterocycles. The Morgan fingerprint density at radius 3 is 2.47 bits per heavy atom. The Morgan fingerprint density at radius 1 is 1.06 bits per heavy atom. The van der Waals surface area contributed by atoms with Crippen LogP contribution < -0.4 is 5.63 Å². The van der Waals surface area contributed by atoms with Crippen molar-refractivity contribution < 1.29 is 23.8 Å². The molecule has 1 aromatic heterocycles. The van der Waals surface area contributed by atoms with E-state index >= 15 is 0 Å². The van der Waals surface area contributed by atoms with Crippen LogP contribution in [-0.2, 0) is 14.3 Å². The molecular formula is C28H38O6. The summed E-state index contributed by atoms with van der Waals surface area (Å²) in [4.78, 5) is 36.0. The summed E-state index contributed by atoms with van der Waals surface area (Å²) in [5, 5.41) is 12.5. The third kappa shape index (κ3) is 3.35. The number of carbonyl (C=O) groups is 2. The SMILES string of the molecule is CC(=O)O[C@H]1CC[C@@]2(C)[C@H](CCC3[C@@H]2CC[C@]2(C)[C@@H](c4ccc(=O)oc4)[C@@H](C(C)=O)C[C@]32O)C1. The van der Waals surface area contributed by atoms with Crippen LogP contribution in [0.25, 0.3) is 0 Å². The van der Waals surface area contributed by atoms with E-state index in [-0.39, 0.29) is 41.0 Å². The predicted octanol–water partition coefficient (Wildman–Crippen LogP) is 4.63. The highest BCUT2D eigenvalue weighted by Crippen LogP contribution is 2.71. The van der Waals surface area contributed by atoms with Gasteiger partial charge in [0.05, 0.1) is 11.9 Å². The number of Topliss-reactive ketones (excluding diaryl/α,β-unsaturated/α-hetero) is 1. The number of carbonyl (C=O) groups excluding carboxylic acids is 2. The summed E-state index contributed by atoms with van der Waals surface area (Å²) in [6, 6.07) is 3.21. The van der Waals surface area contributed by atoms with E-state index in [1.165, 1.54) is 19.3 Å². The number of ketones is 1. The van der Waals surface area contributed by atoms with Crippen molar-refractivity contribution in [2.24, 2.45) is 34.5 Å². The maximum atomic E-state index is 12.9. The quantitative estimate of drug-likeness (QED) is 0.648. The van der Waals surface area contributed by atoms with Crippen molar-refractivity contribution >= 4 is 11.8 Å². The fourth-order valence-electron chi connectivity index (χ4n) is 9.13. The molecule has 4 aliphatic carbocycles. The molecule has 0 saturated heterocycles. The second-order valence-corrected chi connectivity index (χ2v) is 12.2. The Hall–Kier alpha value is -1.95. The van der Waals surface area contributed by atoms with E-state index < -0.39 is 16.6 Å². The van der Waals surface area contributed by atoms with Crippen LogP contribution in [0.1, 0.15) is 90.5 Å². The fourth-order valence-corrected chi connectivity index (χ4v) is 9.13. The minimum atomic E-state index is -0.937. The lowest BCUT2D eigenvalue weighted by Crippen LogP contribution is -2.62.